The molecule has 1 aliphatic carbocycles. The number of pyridine rings is 2. The molecule has 1 saturated heterocycles. The first-order chi connectivity index (χ1) is 37.1. The number of ketones is 1. The normalized spacial score (nSPS) is 17.7. The summed E-state index contributed by atoms with van der Waals surface area (Å²) in [5, 5.41) is 31.3. The van der Waals surface area contributed by atoms with E-state index in [0.29, 0.717) is 62.2 Å². The quantitative estimate of drug-likeness (QED) is 0.0399. The molecular formula is C56H69N11O9S. The van der Waals surface area contributed by atoms with Gasteiger partial charge < -0.3 is 40.2 Å². The fraction of sp³-hybridized carbons (Fsp3) is 0.464. The molecule has 2 aliphatic rings. The number of benzene rings is 1. The number of carbonyl (C=O) groups is 5. The zero-order valence-electron chi connectivity index (χ0n) is 44.3. The number of nitrogens with one attached hydrogen (secondary N) is 4. The van der Waals surface area contributed by atoms with E-state index < -0.39 is 35.3 Å². The van der Waals surface area contributed by atoms with Gasteiger partial charge in [-0.2, -0.15) is 14.9 Å². The van der Waals surface area contributed by atoms with Gasteiger partial charge >= 0.3 is 0 Å². The molecule has 0 radical (unpaired) electrons. The number of likely N-dealkylation sites (tertiary alicyclic amines) is 1. The van der Waals surface area contributed by atoms with E-state index in [-0.39, 0.29) is 93.3 Å². The maximum absolute atomic E-state index is 14.1. The Labute approximate surface area is 452 Å². The summed E-state index contributed by atoms with van der Waals surface area (Å²) in [6.07, 6.45) is 4.43. The van der Waals surface area contributed by atoms with Crippen LogP contribution in [0.1, 0.15) is 106 Å². The summed E-state index contributed by atoms with van der Waals surface area (Å²) in [7, 11) is 0. The molecular weight excluding hydrogens is 1000 g/mol. The lowest BCUT2D eigenvalue weighted by atomic mass is 9.77. The van der Waals surface area contributed by atoms with Gasteiger partial charge in [0.2, 0.25) is 17.7 Å². The van der Waals surface area contributed by atoms with Gasteiger partial charge in [0.05, 0.1) is 103 Å². The van der Waals surface area contributed by atoms with Gasteiger partial charge in [0.15, 0.2) is 11.6 Å². The van der Waals surface area contributed by atoms with Crippen LogP contribution in [-0.2, 0) is 33.4 Å². The summed E-state index contributed by atoms with van der Waals surface area (Å²) in [6.45, 7) is 12.1. The highest BCUT2D eigenvalue weighted by molar-refractivity contribution is 7.13. The number of hydrogen-bond donors (Lipinski definition) is 5. The number of rotatable bonds is 24. The number of carbonyl (C=O) groups excluding carboxylic acids is 5. The lowest BCUT2D eigenvalue weighted by Gasteiger charge is -2.33. The van der Waals surface area contributed by atoms with Crippen molar-refractivity contribution in [1.29, 1.82) is 0 Å². The van der Waals surface area contributed by atoms with Crippen LogP contribution in [0.3, 0.4) is 0 Å². The third-order valence-corrected chi connectivity index (χ3v) is 15.0. The predicted octanol–water partition coefficient (Wildman–Crippen LogP) is 6.64. The first-order valence-electron chi connectivity index (χ1n) is 26.3. The second-order valence-electron chi connectivity index (χ2n) is 20.6. The number of hydrogen-bond acceptors (Lipinski definition) is 15. The molecule has 408 valence electrons. The van der Waals surface area contributed by atoms with Gasteiger partial charge in [0, 0.05) is 49.8 Å². The Morgan fingerprint density at radius 1 is 0.831 bits per heavy atom. The number of Topliss-reactive ketones (excluding diaryl/α,β-unsaturated/α-hetero) is 1. The Morgan fingerprint density at radius 2 is 1.55 bits per heavy atom. The molecule has 2 fully saturated rings. The molecule has 4 amide bonds. The van der Waals surface area contributed by atoms with E-state index in [4.69, 9.17) is 19.3 Å². The SMILES string of the molecule is Cc1ncsc1-c1ccc([C@H](C)NC(=O)[C@@H]2C[C@@H](O)CC2C(=O)[C@@H](NC(=O)CCOCCOCCOCCC(=O)N2CCC(c3cc(NC(=O)c4cccc(-c5ccn[nH]5)n4)n(-c4ccccn4)n3)CC2)C(C)(C)C)cc1. The number of aryl methyl sites for hydroxylation is 1. The minimum atomic E-state index is -0.882. The van der Waals surface area contributed by atoms with Crippen molar-refractivity contribution in [2.45, 2.75) is 97.2 Å². The largest absolute Gasteiger partial charge is 0.393 e. The highest BCUT2D eigenvalue weighted by atomic mass is 32.1. The molecule has 21 heteroatoms. The molecule has 1 aromatic carbocycles. The van der Waals surface area contributed by atoms with Gasteiger partial charge in [-0.15, -0.1) is 11.3 Å². The van der Waals surface area contributed by atoms with Crippen molar-refractivity contribution in [2.24, 2.45) is 17.3 Å². The molecule has 6 aromatic rings. The van der Waals surface area contributed by atoms with E-state index in [9.17, 15) is 29.1 Å². The summed E-state index contributed by atoms with van der Waals surface area (Å²) in [6, 6.07) is 21.1. The van der Waals surface area contributed by atoms with Crippen LogP contribution in [0, 0.1) is 24.2 Å². The first kappa shape index (κ1) is 56.2. The first-order valence-corrected chi connectivity index (χ1v) is 27.1. The van der Waals surface area contributed by atoms with Gasteiger partial charge in [0.25, 0.3) is 5.91 Å². The second-order valence-corrected chi connectivity index (χ2v) is 21.5. The zero-order chi connectivity index (χ0) is 54.5. The Bertz CT molecular complexity index is 2920. The van der Waals surface area contributed by atoms with E-state index in [1.165, 1.54) is 0 Å². The zero-order valence-corrected chi connectivity index (χ0v) is 45.1. The molecule has 8 rings (SSSR count). The molecule has 5 atom stereocenters. The van der Waals surface area contributed by atoms with Crippen LogP contribution >= 0.6 is 11.3 Å². The third-order valence-electron chi connectivity index (χ3n) is 14.0. The van der Waals surface area contributed by atoms with Crippen LogP contribution in [0.25, 0.3) is 27.6 Å². The molecule has 0 bridgehead atoms. The Balaban J connectivity index is 0.697. The minimum Gasteiger partial charge on any atom is -0.393 e. The molecule has 1 saturated carbocycles. The standard InChI is InChI=1S/C56H69N11O9S/c1-35(37-12-14-39(15-13-37)52-36(2)58-34-77-52)60-54(72)42-32-40(68)31-41(42)51(71)53(56(3,4)5)63-49(69)19-25-74-27-29-76-30-28-75-26-20-50(70)66-23-17-38(18-24-66)46-33-48(67(65-46)47-11-6-7-21-57-47)62-55(73)45-10-8-9-43(61-45)44-16-22-59-64-44/h6-16,21-22,33-35,38,40-42,53,68H,17-20,23-32H2,1-5H3,(H,59,64)(H,60,72)(H,62,73)(H,63,69)/t35-,40-,41?,42+,53+/m0/s1. The number of aliphatic hydroxyl groups is 1. The fourth-order valence-corrected chi connectivity index (χ4v) is 10.6. The molecule has 1 unspecified atom stereocenters. The van der Waals surface area contributed by atoms with E-state index in [0.717, 1.165) is 27.4 Å². The number of nitrogens with zero attached hydrogens (tertiary/aromatic N) is 7. The average Bonchev–Trinajstić information content (AvgIpc) is 4.28. The van der Waals surface area contributed by atoms with Crippen molar-refractivity contribution in [1.82, 2.24) is 50.5 Å². The predicted molar refractivity (Wildman–Crippen MR) is 289 cm³/mol. The van der Waals surface area contributed by atoms with E-state index in [1.54, 1.807) is 52.7 Å². The smallest absolute Gasteiger partial charge is 0.275 e. The van der Waals surface area contributed by atoms with Crippen molar-refractivity contribution < 1.29 is 43.3 Å². The number of piperidine rings is 1. The number of aliphatic hydroxyl groups excluding tert-OH is 1. The lowest BCUT2D eigenvalue weighted by Crippen LogP contribution is -2.52. The van der Waals surface area contributed by atoms with Crippen molar-refractivity contribution in [2.75, 3.05) is 58.0 Å². The molecule has 5 N–H and O–H groups in total. The van der Waals surface area contributed by atoms with Gasteiger partial charge in [-0.05, 0) is 86.4 Å². The molecule has 6 heterocycles. The minimum absolute atomic E-state index is 0.00696. The Kier molecular flexibility index (Phi) is 19.2. The molecule has 5 aromatic heterocycles. The van der Waals surface area contributed by atoms with Crippen molar-refractivity contribution >= 4 is 46.6 Å². The number of thiazole rings is 1. The highest BCUT2D eigenvalue weighted by Gasteiger charge is 2.47. The Morgan fingerprint density at radius 3 is 2.21 bits per heavy atom. The molecule has 20 nitrogen and oxygen atoms in total. The molecule has 1 aliphatic heterocycles. The van der Waals surface area contributed by atoms with Crippen LogP contribution in [-0.4, -0.2) is 139 Å². The molecule has 77 heavy (non-hydrogen) atoms. The number of ether oxygens (including phenoxy) is 3. The number of H-pyrrole nitrogens is 1. The van der Waals surface area contributed by atoms with Gasteiger partial charge in [-0.3, -0.25) is 29.1 Å². The Hall–Kier alpha value is -7.04. The van der Waals surface area contributed by atoms with Gasteiger partial charge in [-0.25, -0.2) is 15.0 Å². The fourth-order valence-electron chi connectivity index (χ4n) is 9.76. The number of amides is 4. The maximum atomic E-state index is 14.1. The van der Waals surface area contributed by atoms with Crippen molar-refractivity contribution in [3.8, 4) is 27.6 Å². The number of aromatic nitrogens is 7. The molecule has 0 spiro atoms. The maximum Gasteiger partial charge on any atom is 0.275 e. The van der Waals surface area contributed by atoms with Crippen LogP contribution in [0.2, 0.25) is 0 Å². The summed E-state index contributed by atoms with van der Waals surface area (Å²) in [5.41, 5.74) is 6.39. The van der Waals surface area contributed by atoms with E-state index in [2.05, 4.69) is 41.1 Å². The summed E-state index contributed by atoms with van der Waals surface area (Å²) in [5.74, 6) is -1.75. The number of anilines is 1. The van der Waals surface area contributed by atoms with Crippen LogP contribution in [0.4, 0.5) is 5.82 Å². The monoisotopic (exact) mass is 1070 g/mol. The summed E-state index contributed by atoms with van der Waals surface area (Å²) < 4.78 is 18.6. The summed E-state index contributed by atoms with van der Waals surface area (Å²) >= 11 is 1.57. The van der Waals surface area contributed by atoms with Crippen LogP contribution in [0.15, 0.2) is 90.7 Å². The van der Waals surface area contributed by atoms with E-state index >= 15 is 0 Å². The van der Waals surface area contributed by atoms with Crippen LogP contribution in [0.5, 0.6) is 0 Å². The third kappa shape index (κ3) is 14.9. The average molecular weight is 1070 g/mol. The van der Waals surface area contributed by atoms with Crippen LogP contribution < -0.4 is 16.0 Å². The van der Waals surface area contributed by atoms with E-state index in [1.807, 2.05) is 93.6 Å². The van der Waals surface area contributed by atoms with Crippen molar-refractivity contribution in [3.05, 3.63) is 113 Å². The second kappa shape index (κ2) is 26.3. The summed E-state index contributed by atoms with van der Waals surface area (Å²) in [4.78, 5) is 83.8. The number of aromatic amines is 1. The lowest BCUT2D eigenvalue weighted by molar-refractivity contribution is -0.137. The topological polar surface area (TPSA) is 258 Å². The van der Waals surface area contributed by atoms with Gasteiger partial charge in [0.1, 0.15) is 11.5 Å². The highest BCUT2D eigenvalue weighted by Crippen LogP contribution is 2.37. The van der Waals surface area contributed by atoms with Gasteiger partial charge in [-0.1, -0.05) is 57.2 Å². The van der Waals surface area contributed by atoms with Crippen molar-refractivity contribution in [3.63, 3.8) is 0 Å².